The van der Waals surface area contributed by atoms with Crippen LogP contribution in [0.2, 0.25) is 0 Å². The van der Waals surface area contributed by atoms with Gasteiger partial charge < -0.3 is 10.5 Å². The molecule has 0 spiro atoms. The summed E-state index contributed by atoms with van der Waals surface area (Å²) in [4.78, 5) is 4.58. The number of rotatable bonds is 1. The lowest BCUT2D eigenvalue weighted by Crippen LogP contribution is -2.32. The first-order valence-electron chi connectivity index (χ1n) is 5.60. The molecule has 0 aromatic carbocycles. The van der Waals surface area contributed by atoms with Crippen molar-refractivity contribution in [3.05, 3.63) is 11.6 Å². The van der Waals surface area contributed by atoms with Crippen LogP contribution in [0.25, 0.3) is 0 Å². The fourth-order valence-corrected chi connectivity index (χ4v) is 2.26. The van der Waals surface area contributed by atoms with E-state index in [0.29, 0.717) is 5.92 Å². The number of nitrogens with two attached hydrogens (primary N) is 1. The first-order chi connectivity index (χ1) is 7.33. The maximum Gasteiger partial charge on any atom is 0.156 e. The van der Waals surface area contributed by atoms with Gasteiger partial charge in [-0.2, -0.15) is 5.10 Å². The van der Waals surface area contributed by atoms with Gasteiger partial charge in [-0.25, -0.2) is 9.67 Å². The molecular formula is C10H16N4O. The lowest BCUT2D eigenvalue weighted by molar-refractivity contribution is 0.193. The van der Waals surface area contributed by atoms with Gasteiger partial charge in [0.15, 0.2) is 5.82 Å². The molecule has 5 heteroatoms. The van der Waals surface area contributed by atoms with Crippen molar-refractivity contribution < 1.29 is 4.74 Å². The lowest BCUT2D eigenvalue weighted by atomic mass is 10.1. The van der Waals surface area contributed by atoms with Gasteiger partial charge in [0.05, 0.1) is 13.2 Å². The monoisotopic (exact) mass is 208 g/mol. The Labute approximate surface area is 88.6 Å². The zero-order valence-electron chi connectivity index (χ0n) is 8.72. The molecule has 1 fully saturated rings. The minimum absolute atomic E-state index is 0.242. The summed E-state index contributed by atoms with van der Waals surface area (Å²) >= 11 is 0. The SMILES string of the molecule is NC1CCc2nc(C3CCOC3)nn2C1. The summed E-state index contributed by atoms with van der Waals surface area (Å²) in [6, 6.07) is 0.242. The van der Waals surface area contributed by atoms with Crippen molar-refractivity contribution in [1.29, 1.82) is 0 Å². The Kier molecular flexibility index (Phi) is 2.21. The quantitative estimate of drug-likeness (QED) is 0.708. The molecule has 1 aromatic rings. The molecule has 0 bridgehead atoms. The molecule has 1 aromatic heterocycles. The number of hydrogen-bond acceptors (Lipinski definition) is 4. The maximum atomic E-state index is 5.90. The highest BCUT2D eigenvalue weighted by Crippen LogP contribution is 2.23. The highest BCUT2D eigenvalue weighted by molar-refractivity contribution is 5.03. The molecule has 82 valence electrons. The molecule has 0 saturated carbocycles. The van der Waals surface area contributed by atoms with Crippen LogP contribution >= 0.6 is 0 Å². The van der Waals surface area contributed by atoms with Crippen LogP contribution in [0.5, 0.6) is 0 Å². The average Bonchev–Trinajstić information content (AvgIpc) is 2.84. The molecule has 2 N–H and O–H groups in total. The summed E-state index contributed by atoms with van der Waals surface area (Å²) in [6.07, 6.45) is 3.04. The molecule has 2 aliphatic rings. The van der Waals surface area contributed by atoms with Gasteiger partial charge in [0.25, 0.3) is 0 Å². The molecule has 3 heterocycles. The smallest absolute Gasteiger partial charge is 0.156 e. The molecule has 0 amide bonds. The third-order valence-electron chi connectivity index (χ3n) is 3.21. The summed E-state index contributed by atoms with van der Waals surface area (Å²) < 4.78 is 7.32. The second-order valence-electron chi connectivity index (χ2n) is 4.43. The zero-order chi connectivity index (χ0) is 10.3. The van der Waals surface area contributed by atoms with Gasteiger partial charge >= 0.3 is 0 Å². The molecule has 3 rings (SSSR count). The first-order valence-corrected chi connectivity index (χ1v) is 5.60. The van der Waals surface area contributed by atoms with Crippen molar-refractivity contribution in [3.63, 3.8) is 0 Å². The molecule has 2 aliphatic heterocycles. The number of aryl methyl sites for hydroxylation is 1. The Hall–Kier alpha value is -0.940. The van der Waals surface area contributed by atoms with E-state index in [4.69, 9.17) is 10.5 Å². The van der Waals surface area contributed by atoms with E-state index in [2.05, 4.69) is 10.1 Å². The summed E-state index contributed by atoms with van der Waals surface area (Å²) in [5.74, 6) is 2.45. The molecular weight excluding hydrogens is 192 g/mol. The summed E-state index contributed by atoms with van der Waals surface area (Å²) in [5.41, 5.74) is 5.90. The van der Waals surface area contributed by atoms with Gasteiger partial charge in [-0.05, 0) is 12.8 Å². The number of aromatic nitrogens is 3. The molecule has 5 nitrogen and oxygen atoms in total. The van der Waals surface area contributed by atoms with Crippen LogP contribution in [0.1, 0.15) is 30.4 Å². The number of fused-ring (bicyclic) bond motifs is 1. The Morgan fingerprint density at radius 1 is 1.40 bits per heavy atom. The van der Waals surface area contributed by atoms with Crippen molar-refractivity contribution in [3.8, 4) is 0 Å². The Morgan fingerprint density at radius 3 is 3.13 bits per heavy atom. The van der Waals surface area contributed by atoms with E-state index in [0.717, 1.165) is 50.7 Å². The fourth-order valence-electron chi connectivity index (χ4n) is 2.26. The van der Waals surface area contributed by atoms with Gasteiger partial charge in [0, 0.05) is 25.0 Å². The Morgan fingerprint density at radius 2 is 2.33 bits per heavy atom. The molecule has 0 radical (unpaired) electrons. The van der Waals surface area contributed by atoms with Crippen molar-refractivity contribution in [2.75, 3.05) is 13.2 Å². The van der Waals surface area contributed by atoms with Crippen LogP contribution in [-0.2, 0) is 17.7 Å². The first kappa shape index (κ1) is 9.30. The zero-order valence-corrected chi connectivity index (χ0v) is 8.72. The third kappa shape index (κ3) is 1.66. The van der Waals surface area contributed by atoms with Crippen LogP contribution in [0, 0.1) is 0 Å². The van der Waals surface area contributed by atoms with Gasteiger partial charge in [-0.3, -0.25) is 0 Å². The van der Waals surface area contributed by atoms with E-state index < -0.39 is 0 Å². The minimum Gasteiger partial charge on any atom is -0.381 e. The normalized spacial score (nSPS) is 30.5. The van der Waals surface area contributed by atoms with Crippen molar-refractivity contribution in [2.45, 2.75) is 37.8 Å². The van der Waals surface area contributed by atoms with E-state index in [9.17, 15) is 0 Å². The minimum atomic E-state index is 0.242. The third-order valence-corrected chi connectivity index (χ3v) is 3.21. The average molecular weight is 208 g/mol. The van der Waals surface area contributed by atoms with Crippen molar-refractivity contribution in [2.24, 2.45) is 5.73 Å². The largest absolute Gasteiger partial charge is 0.381 e. The summed E-state index contributed by atoms with van der Waals surface area (Å²) in [7, 11) is 0. The van der Waals surface area contributed by atoms with E-state index in [1.54, 1.807) is 0 Å². The van der Waals surface area contributed by atoms with E-state index in [-0.39, 0.29) is 6.04 Å². The van der Waals surface area contributed by atoms with E-state index in [1.807, 2.05) is 4.68 Å². The summed E-state index contributed by atoms with van der Waals surface area (Å²) in [5, 5.41) is 4.53. The standard InChI is InChI=1S/C10H16N4O/c11-8-1-2-9-12-10(13-14(9)5-8)7-3-4-15-6-7/h7-8H,1-6,11H2. The topological polar surface area (TPSA) is 66.0 Å². The van der Waals surface area contributed by atoms with Crippen LogP contribution in [0.3, 0.4) is 0 Å². The highest BCUT2D eigenvalue weighted by atomic mass is 16.5. The molecule has 1 saturated heterocycles. The lowest BCUT2D eigenvalue weighted by Gasteiger charge is -2.17. The van der Waals surface area contributed by atoms with Gasteiger partial charge in [0.2, 0.25) is 0 Å². The second-order valence-corrected chi connectivity index (χ2v) is 4.43. The van der Waals surface area contributed by atoms with Gasteiger partial charge in [-0.15, -0.1) is 0 Å². The predicted octanol–water partition coefficient (Wildman–Crippen LogP) is 0.0555. The van der Waals surface area contributed by atoms with Crippen LogP contribution < -0.4 is 5.73 Å². The Bertz CT molecular complexity index is 356. The molecule has 2 atom stereocenters. The maximum absolute atomic E-state index is 5.90. The summed E-state index contributed by atoms with van der Waals surface area (Å²) in [6.45, 7) is 2.43. The van der Waals surface area contributed by atoms with E-state index in [1.165, 1.54) is 0 Å². The number of ether oxygens (including phenoxy) is 1. The molecule has 2 unspecified atom stereocenters. The molecule has 15 heavy (non-hydrogen) atoms. The number of nitrogens with zero attached hydrogens (tertiary/aromatic N) is 3. The van der Waals surface area contributed by atoms with Crippen molar-refractivity contribution in [1.82, 2.24) is 14.8 Å². The fraction of sp³-hybridized carbons (Fsp3) is 0.800. The number of hydrogen-bond donors (Lipinski definition) is 1. The van der Waals surface area contributed by atoms with Crippen molar-refractivity contribution >= 4 is 0 Å². The van der Waals surface area contributed by atoms with E-state index >= 15 is 0 Å². The van der Waals surface area contributed by atoms with Crippen LogP contribution in [0.4, 0.5) is 0 Å². The van der Waals surface area contributed by atoms with Gasteiger partial charge in [0.1, 0.15) is 5.82 Å². The van der Waals surface area contributed by atoms with Crippen LogP contribution in [-0.4, -0.2) is 34.0 Å². The van der Waals surface area contributed by atoms with Gasteiger partial charge in [-0.1, -0.05) is 0 Å². The predicted molar refractivity (Wildman–Crippen MR) is 54.5 cm³/mol. The molecule has 0 aliphatic carbocycles. The Balaban J connectivity index is 1.85. The second kappa shape index (κ2) is 3.57. The van der Waals surface area contributed by atoms with Crippen LogP contribution in [0.15, 0.2) is 0 Å². The highest BCUT2D eigenvalue weighted by Gasteiger charge is 2.25.